The molecule has 1 aromatic carbocycles. The molecule has 2 aromatic heterocycles. The Labute approximate surface area is 104 Å². The Hall–Kier alpha value is -1.93. The molecule has 0 atom stereocenters. The van der Waals surface area contributed by atoms with E-state index in [9.17, 15) is 0 Å². The first-order chi connectivity index (χ1) is 8.33. The van der Waals surface area contributed by atoms with E-state index in [0.717, 1.165) is 27.1 Å². The minimum absolute atomic E-state index is 0.740. The third-order valence-electron chi connectivity index (χ3n) is 2.66. The standard InChI is InChI=1S/C14H9ClN2/c15-13-3-1-10(2-4-13)11-7-12-8-16-6-5-14(12)17-9-11/h1-9H. The van der Waals surface area contributed by atoms with Crippen LogP contribution in [0.15, 0.2) is 55.0 Å². The highest BCUT2D eigenvalue weighted by Gasteiger charge is 2.00. The number of halogens is 1. The summed E-state index contributed by atoms with van der Waals surface area (Å²) in [6.45, 7) is 0. The molecule has 0 amide bonds. The molecule has 0 saturated carbocycles. The van der Waals surface area contributed by atoms with Gasteiger partial charge in [0.15, 0.2) is 0 Å². The third-order valence-corrected chi connectivity index (χ3v) is 2.91. The summed E-state index contributed by atoms with van der Waals surface area (Å²) in [6.07, 6.45) is 5.44. The SMILES string of the molecule is Clc1ccc(-c2cnc3ccncc3c2)cc1. The zero-order chi connectivity index (χ0) is 11.7. The van der Waals surface area contributed by atoms with Crippen LogP contribution < -0.4 is 0 Å². The molecule has 0 spiro atoms. The van der Waals surface area contributed by atoms with E-state index in [2.05, 4.69) is 16.0 Å². The first-order valence-corrected chi connectivity index (χ1v) is 5.66. The highest BCUT2D eigenvalue weighted by atomic mass is 35.5. The minimum Gasteiger partial charge on any atom is -0.264 e. The van der Waals surface area contributed by atoms with Gasteiger partial charge in [-0.05, 0) is 29.8 Å². The molecule has 82 valence electrons. The fraction of sp³-hybridized carbons (Fsp3) is 0. The summed E-state index contributed by atoms with van der Waals surface area (Å²) in [7, 11) is 0. The molecule has 0 aliphatic heterocycles. The van der Waals surface area contributed by atoms with Gasteiger partial charge in [-0.1, -0.05) is 23.7 Å². The summed E-state index contributed by atoms with van der Waals surface area (Å²) in [6, 6.07) is 11.7. The normalized spacial score (nSPS) is 10.6. The van der Waals surface area contributed by atoms with Gasteiger partial charge in [-0.25, -0.2) is 0 Å². The van der Waals surface area contributed by atoms with Gasteiger partial charge < -0.3 is 0 Å². The molecule has 17 heavy (non-hydrogen) atoms. The topological polar surface area (TPSA) is 25.8 Å². The van der Waals surface area contributed by atoms with Gasteiger partial charge in [0.1, 0.15) is 0 Å². The Morgan fingerprint density at radius 1 is 0.882 bits per heavy atom. The maximum Gasteiger partial charge on any atom is 0.0733 e. The van der Waals surface area contributed by atoms with Gasteiger partial charge >= 0.3 is 0 Å². The van der Waals surface area contributed by atoms with Crippen molar-refractivity contribution in [2.45, 2.75) is 0 Å². The average molecular weight is 241 g/mol. The average Bonchev–Trinajstić information content (AvgIpc) is 2.39. The second-order valence-electron chi connectivity index (χ2n) is 3.80. The van der Waals surface area contributed by atoms with E-state index in [4.69, 9.17) is 11.6 Å². The highest BCUT2D eigenvalue weighted by Crippen LogP contribution is 2.23. The van der Waals surface area contributed by atoms with E-state index < -0.39 is 0 Å². The molecule has 0 N–H and O–H groups in total. The second-order valence-corrected chi connectivity index (χ2v) is 4.24. The van der Waals surface area contributed by atoms with Crippen LogP contribution in [0, 0.1) is 0 Å². The van der Waals surface area contributed by atoms with Crippen LogP contribution in [0.1, 0.15) is 0 Å². The Kier molecular flexibility index (Phi) is 2.50. The first kappa shape index (κ1) is 10.2. The summed E-state index contributed by atoms with van der Waals surface area (Å²) >= 11 is 5.87. The van der Waals surface area contributed by atoms with E-state index in [1.54, 1.807) is 6.20 Å². The molecule has 0 radical (unpaired) electrons. The minimum atomic E-state index is 0.740. The molecule has 0 unspecified atom stereocenters. The lowest BCUT2D eigenvalue weighted by Crippen LogP contribution is -1.83. The van der Waals surface area contributed by atoms with E-state index in [0.29, 0.717) is 0 Å². The van der Waals surface area contributed by atoms with Crippen LogP contribution in [0.5, 0.6) is 0 Å². The predicted molar refractivity (Wildman–Crippen MR) is 70.0 cm³/mol. The number of rotatable bonds is 1. The first-order valence-electron chi connectivity index (χ1n) is 5.29. The zero-order valence-corrected chi connectivity index (χ0v) is 9.72. The molecule has 3 rings (SSSR count). The number of benzene rings is 1. The van der Waals surface area contributed by atoms with Gasteiger partial charge in [0.2, 0.25) is 0 Å². The second kappa shape index (κ2) is 4.15. The molecule has 0 aliphatic rings. The molecular weight excluding hydrogens is 232 g/mol. The van der Waals surface area contributed by atoms with Gasteiger partial charge in [-0.3, -0.25) is 9.97 Å². The maximum absolute atomic E-state index is 5.87. The Morgan fingerprint density at radius 2 is 1.71 bits per heavy atom. The molecule has 0 saturated heterocycles. The van der Waals surface area contributed by atoms with Crippen LogP contribution in [-0.4, -0.2) is 9.97 Å². The van der Waals surface area contributed by atoms with Crippen LogP contribution >= 0.6 is 11.6 Å². The molecule has 2 heterocycles. The van der Waals surface area contributed by atoms with Crippen molar-refractivity contribution >= 4 is 22.5 Å². The lowest BCUT2D eigenvalue weighted by atomic mass is 10.1. The van der Waals surface area contributed by atoms with Crippen molar-refractivity contribution in [1.82, 2.24) is 9.97 Å². The van der Waals surface area contributed by atoms with Gasteiger partial charge in [-0.15, -0.1) is 0 Å². The van der Waals surface area contributed by atoms with Crippen LogP contribution in [0.25, 0.3) is 22.0 Å². The van der Waals surface area contributed by atoms with Crippen molar-refractivity contribution in [2.75, 3.05) is 0 Å². The number of hydrogen-bond donors (Lipinski definition) is 0. The van der Waals surface area contributed by atoms with E-state index in [1.807, 2.05) is 42.7 Å². The largest absolute Gasteiger partial charge is 0.264 e. The van der Waals surface area contributed by atoms with Gasteiger partial charge in [0.05, 0.1) is 5.52 Å². The quantitative estimate of drug-likeness (QED) is 0.644. The lowest BCUT2D eigenvalue weighted by Gasteiger charge is -2.03. The summed E-state index contributed by atoms with van der Waals surface area (Å²) in [4.78, 5) is 8.51. The molecule has 3 aromatic rings. The van der Waals surface area contributed by atoms with Crippen LogP contribution in [0.2, 0.25) is 5.02 Å². The van der Waals surface area contributed by atoms with E-state index >= 15 is 0 Å². The van der Waals surface area contributed by atoms with Gasteiger partial charge in [0, 0.05) is 34.6 Å². The monoisotopic (exact) mass is 240 g/mol. The molecule has 0 fully saturated rings. The molecule has 0 aliphatic carbocycles. The van der Waals surface area contributed by atoms with Crippen molar-refractivity contribution in [1.29, 1.82) is 0 Å². The van der Waals surface area contributed by atoms with Crippen LogP contribution in [0.3, 0.4) is 0 Å². The number of pyridine rings is 2. The smallest absolute Gasteiger partial charge is 0.0733 e. The van der Waals surface area contributed by atoms with Crippen LogP contribution in [0.4, 0.5) is 0 Å². The third kappa shape index (κ3) is 1.99. The van der Waals surface area contributed by atoms with Crippen molar-refractivity contribution in [3.8, 4) is 11.1 Å². The molecular formula is C14H9ClN2. The lowest BCUT2D eigenvalue weighted by molar-refractivity contribution is 1.32. The van der Waals surface area contributed by atoms with E-state index in [1.165, 1.54) is 0 Å². The number of aromatic nitrogens is 2. The van der Waals surface area contributed by atoms with Crippen molar-refractivity contribution < 1.29 is 0 Å². The predicted octanol–water partition coefficient (Wildman–Crippen LogP) is 3.95. The molecule has 3 heteroatoms. The number of nitrogens with zero attached hydrogens (tertiary/aromatic N) is 2. The Bertz CT molecular complexity index is 662. The number of hydrogen-bond acceptors (Lipinski definition) is 2. The summed E-state index contributed by atoms with van der Waals surface area (Å²) in [5.74, 6) is 0. The van der Waals surface area contributed by atoms with E-state index in [-0.39, 0.29) is 0 Å². The molecule has 0 bridgehead atoms. The fourth-order valence-corrected chi connectivity index (χ4v) is 1.90. The van der Waals surface area contributed by atoms with Gasteiger partial charge in [-0.2, -0.15) is 0 Å². The van der Waals surface area contributed by atoms with Gasteiger partial charge in [0.25, 0.3) is 0 Å². The van der Waals surface area contributed by atoms with Crippen molar-refractivity contribution in [3.05, 3.63) is 60.0 Å². The summed E-state index contributed by atoms with van der Waals surface area (Å²) < 4.78 is 0. The number of fused-ring (bicyclic) bond motifs is 1. The molecule has 2 nitrogen and oxygen atoms in total. The zero-order valence-electron chi connectivity index (χ0n) is 8.97. The van der Waals surface area contributed by atoms with Crippen molar-refractivity contribution in [2.24, 2.45) is 0 Å². The Morgan fingerprint density at radius 3 is 2.53 bits per heavy atom. The highest BCUT2D eigenvalue weighted by molar-refractivity contribution is 6.30. The van der Waals surface area contributed by atoms with Crippen LogP contribution in [-0.2, 0) is 0 Å². The van der Waals surface area contributed by atoms with Crippen molar-refractivity contribution in [3.63, 3.8) is 0 Å². The Balaban J connectivity index is 2.14. The summed E-state index contributed by atoms with van der Waals surface area (Å²) in [5.41, 5.74) is 3.13. The maximum atomic E-state index is 5.87. The fourth-order valence-electron chi connectivity index (χ4n) is 1.77. The summed E-state index contributed by atoms with van der Waals surface area (Å²) in [5, 5.41) is 1.78.